The highest BCUT2D eigenvalue weighted by atomic mass is 15.2. The maximum Gasteiger partial charge on any atom is 0.105 e. The third-order valence-electron chi connectivity index (χ3n) is 4.29. The predicted molar refractivity (Wildman–Crippen MR) is 80.4 cm³/mol. The lowest BCUT2D eigenvalue weighted by atomic mass is 9.94. The molecule has 0 aliphatic carbocycles. The molecule has 1 aromatic heterocycles. The van der Waals surface area contributed by atoms with Gasteiger partial charge in [-0.05, 0) is 24.5 Å². The number of aryl methyl sites for hydroxylation is 1. The number of hydrogen-bond acceptors (Lipinski definition) is 3. The van der Waals surface area contributed by atoms with Crippen molar-refractivity contribution in [3.63, 3.8) is 0 Å². The highest BCUT2D eigenvalue weighted by Crippen LogP contribution is 2.22. The van der Waals surface area contributed by atoms with E-state index < -0.39 is 0 Å². The maximum atomic E-state index is 5.97. The van der Waals surface area contributed by atoms with Gasteiger partial charge in [0.2, 0.25) is 0 Å². The summed E-state index contributed by atoms with van der Waals surface area (Å²) in [4.78, 5) is 6.78. The zero-order valence-electron chi connectivity index (χ0n) is 12.0. The van der Waals surface area contributed by atoms with Crippen molar-refractivity contribution in [2.75, 3.05) is 13.1 Å². The van der Waals surface area contributed by atoms with Crippen LogP contribution in [-0.4, -0.2) is 33.6 Å². The summed E-state index contributed by atoms with van der Waals surface area (Å²) in [5.41, 5.74) is 8.87. The molecule has 2 N–H and O–H groups in total. The van der Waals surface area contributed by atoms with Crippen molar-refractivity contribution in [3.8, 4) is 0 Å². The molecule has 4 heteroatoms. The first-order valence-corrected chi connectivity index (χ1v) is 7.26. The van der Waals surface area contributed by atoms with Gasteiger partial charge < -0.3 is 10.3 Å². The molecule has 1 aliphatic rings. The van der Waals surface area contributed by atoms with E-state index in [0.29, 0.717) is 6.04 Å². The Hall–Kier alpha value is -1.65. The Morgan fingerprint density at radius 3 is 2.75 bits per heavy atom. The van der Waals surface area contributed by atoms with Crippen LogP contribution >= 0.6 is 0 Å². The van der Waals surface area contributed by atoms with E-state index in [1.165, 1.54) is 11.1 Å². The van der Waals surface area contributed by atoms with E-state index in [1.54, 1.807) is 0 Å². The Labute approximate surface area is 120 Å². The van der Waals surface area contributed by atoms with Crippen molar-refractivity contribution < 1.29 is 0 Å². The standard InChI is InChI=1S/C16H22N4/c1-13-18-6-7-19(13)8-9-20-12-15-5-3-2-4-14(15)10-16(20)11-17/h2-7,16H,8-12,17H2,1H3. The molecular weight excluding hydrogens is 248 g/mol. The third kappa shape index (κ3) is 2.62. The minimum absolute atomic E-state index is 0.453. The van der Waals surface area contributed by atoms with Gasteiger partial charge in [0.25, 0.3) is 0 Å². The maximum absolute atomic E-state index is 5.97. The topological polar surface area (TPSA) is 47.1 Å². The summed E-state index contributed by atoms with van der Waals surface area (Å²) >= 11 is 0. The molecule has 0 saturated carbocycles. The van der Waals surface area contributed by atoms with E-state index in [-0.39, 0.29) is 0 Å². The number of aromatic nitrogens is 2. The fourth-order valence-electron chi connectivity index (χ4n) is 3.01. The van der Waals surface area contributed by atoms with E-state index in [2.05, 4.69) is 38.7 Å². The molecule has 3 rings (SSSR count). The van der Waals surface area contributed by atoms with Crippen LogP contribution in [0.2, 0.25) is 0 Å². The molecule has 20 heavy (non-hydrogen) atoms. The van der Waals surface area contributed by atoms with E-state index in [1.807, 2.05) is 19.3 Å². The largest absolute Gasteiger partial charge is 0.334 e. The first kappa shape index (κ1) is 13.3. The minimum atomic E-state index is 0.453. The van der Waals surface area contributed by atoms with Gasteiger partial charge in [-0.3, -0.25) is 4.90 Å². The highest BCUT2D eigenvalue weighted by molar-refractivity contribution is 5.30. The third-order valence-corrected chi connectivity index (χ3v) is 4.29. The van der Waals surface area contributed by atoms with Crippen molar-refractivity contribution in [2.45, 2.75) is 32.5 Å². The summed E-state index contributed by atoms with van der Waals surface area (Å²) in [6.45, 7) is 5.77. The molecule has 1 aromatic carbocycles. The van der Waals surface area contributed by atoms with Gasteiger partial charge >= 0.3 is 0 Å². The summed E-state index contributed by atoms with van der Waals surface area (Å²) in [7, 11) is 0. The molecular formula is C16H22N4. The molecule has 0 spiro atoms. The van der Waals surface area contributed by atoms with Gasteiger partial charge in [0.1, 0.15) is 5.82 Å². The van der Waals surface area contributed by atoms with E-state index >= 15 is 0 Å². The van der Waals surface area contributed by atoms with Crippen LogP contribution in [0, 0.1) is 6.92 Å². The number of rotatable bonds is 4. The van der Waals surface area contributed by atoms with Gasteiger partial charge in [-0.2, -0.15) is 0 Å². The monoisotopic (exact) mass is 270 g/mol. The summed E-state index contributed by atoms with van der Waals surface area (Å²) in [5, 5.41) is 0. The Bertz CT molecular complexity index is 575. The second-order valence-electron chi connectivity index (χ2n) is 5.50. The molecule has 1 atom stereocenters. The van der Waals surface area contributed by atoms with Crippen LogP contribution in [-0.2, 0) is 19.5 Å². The molecule has 4 nitrogen and oxygen atoms in total. The van der Waals surface area contributed by atoms with Gasteiger partial charge in [-0.25, -0.2) is 4.98 Å². The van der Waals surface area contributed by atoms with Crippen LogP contribution < -0.4 is 5.73 Å². The summed E-state index contributed by atoms with van der Waals surface area (Å²) in [6.07, 6.45) is 4.97. The Kier molecular flexibility index (Phi) is 3.85. The first-order valence-electron chi connectivity index (χ1n) is 7.26. The molecule has 0 amide bonds. The fourth-order valence-corrected chi connectivity index (χ4v) is 3.01. The van der Waals surface area contributed by atoms with Gasteiger partial charge in [-0.15, -0.1) is 0 Å². The lowest BCUT2D eigenvalue weighted by Crippen LogP contribution is -2.46. The van der Waals surface area contributed by atoms with Gasteiger partial charge in [0.05, 0.1) is 0 Å². The number of benzene rings is 1. The molecule has 0 bridgehead atoms. The lowest BCUT2D eigenvalue weighted by Gasteiger charge is -2.36. The average Bonchev–Trinajstić information content (AvgIpc) is 2.89. The Balaban J connectivity index is 1.71. The lowest BCUT2D eigenvalue weighted by molar-refractivity contribution is 0.169. The van der Waals surface area contributed by atoms with Crippen LogP contribution in [0.1, 0.15) is 17.0 Å². The zero-order chi connectivity index (χ0) is 13.9. The van der Waals surface area contributed by atoms with Crippen LogP contribution in [0.3, 0.4) is 0 Å². The van der Waals surface area contributed by atoms with Gasteiger partial charge in [0.15, 0.2) is 0 Å². The van der Waals surface area contributed by atoms with Crippen LogP contribution in [0.25, 0.3) is 0 Å². The number of hydrogen-bond donors (Lipinski definition) is 1. The van der Waals surface area contributed by atoms with Crippen molar-refractivity contribution >= 4 is 0 Å². The highest BCUT2D eigenvalue weighted by Gasteiger charge is 2.24. The summed E-state index contributed by atoms with van der Waals surface area (Å²) in [6, 6.07) is 9.16. The van der Waals surface area contributed by atoms with Crippen molar-refractivity contribution in [2.24, 2.45) is 5.73 Å². The summed E-state index contributed by atoms with van der Waals surface area (Å²) in [5.74, 6) is 1.08. The predicted octanol–water partition coefficient (Wildman–Crippen LogP) is 1.58. The molecule has 0 saturated heterocycles. The molecule has 106 valence electrons. The minimum Gasteiger partial charge on any atom is -0.334 e. The average molecular weight is 270 g/mol. The number of nitrogens with two attached hydrogens (primary N) is 1. The van der Waals surface area contributed by atoms with Crippen LogP contribution in [0.4, 0.5) is 0 Å². The second-order valence-corrected chi connectivity index (χ2v) is 5.50. The molecule has 0 radical (unpaired) electrons. The number of nitrogens with zero attached hydrogens (tertiary/aromatic N) is 3. The second kappa shape index (κ2) is 5.77. The number of imidazole rings is 1. The van der Waals surface area contributed by atoms with Crippen molar-refractivity contribution in [1.82, 2.24) is 14.5 Å². The number of fused-ring (bicyclic) bond motifs is 1. The van der Waals surface area contributed by atoms with Gasteiger partial charge in [-0.1, -0.05) is 24.3 Å². The van der Waals surface area contributed by atoms with E-state index in [0.717, 1.165) is 38.4 Å². The molecule has 1 unspecified atom stereocenters. The normalized spacial score (nSPS) is 19.0. The van der Waals surface area contributed by atoms with Crippen molar-refractivity contribution in [3.05, 3.63) is 53.6 Å². The summed E-state index contributed by atoms with van der Waals surface area (Å²) < 4.78 is 2.20. The first-order chi connectivity index (χ1) is 9.78. The fraction of sp³-hybridized carbons (Fsp3) is 0.438. The van der Waals surface area contributed by atoms with Crippen molar-refractivity contribution in [1.29, 1.82) is 0 Å². The molecule has 2 aromatic rings. The Morgan fingerprint density at radius 1 is 1.25 bits per heavy atom. The molecule has 2 heterocycles. The van der Waals surface area contributed by atoms with Gasteiger partial charge in [0, 0.05) is 44.6 Å². The smallest absolute Gasteiger partial charge is 0.105 e. The van der Waals surface area contributed by atoms with Crippen LogP contribution in [0.5, 0.6) is 0 Å². The molecule has 1 aliphatic heterocycles. The quantitative estimate of drug-likeness (QED) is 0.917. The SMILES string of the molecule is Cc1nccn1CCN1Cc2ccccc2CC1CN. The van der Waals surface area contributed by atoms with E-state index in [4.69, 9.17) is 5.73 Å². The van der Waals surface area contributed by atoms with Crippen LogP contribution in [0.15, 0.2) is 36.7 Å². The Morgan fingerprint density at radius 2 is 2.05 bits per heavy atom. The molecule has 0 fully saturated rings. The zero-order valence-corrected chi connectivity index (χ0v) is 12.0. The van der Waals surface area contributed by atoms with E-state index in [9.17, 15) is 0 Å².